The Kier molecular flexibility index (Phi) is 2.08. The predicted molar refractivity (Wildman–Crippen MR) is 72.3 cm³/mol. The molecule has 1 aromatic carbocycles. The normalized spacial score (nSPS) is 25.1. The molecule has 3 nitrogen and oxygen atoms in total. The highest BCUT2D eigenvalue weighted by atomic mass is 16.2. The van der Waals surface area contributed by atoms with E-state index in [0.717, 1.165) is 16.8 Å². The molecule has 0 saturated carbocycles. The van der Waals surface area contributed by atoms with Crippen LogP contribution in [-0.2, 0) is 10.2 Å². The topological polar surface area (TPSA) is 44.2 Å². The molecule has 0 atom stereocenters. The van der Waals surface area contributed by atoms with E-state index in [1.54, 1.807) is 24.1 Å². The molecule has 3 heteroatoms. The molecule has 90 valence electrons. The van der Waals surface area contributed by atoms with E-state index in [1.807, 2.05) is 31.2 Å². The van der Waals surface area contributed by atoms with Crippen LogP contribution in [0.15, 0.2) is 42.5 Å². The fourth-order valence-corrected chi connectivity index (χ4v) is 2.65. The number of benzene rings is 1. The van der Waals surface area contributed by atoms with Gasteiger partial charge in [0.25, 0.3) is 0 Å². The molecule has 1 spiro atoms. The third-order valence-corrected chi connectivity index (χ3v) is 3.67. The van der Waals surface area contributed by atoms with Crippen LogP contribution < -0.4 is 4.90 Å². The molecule has 0 aromatic heterocycles. The number of nitrogens with one attached hydrogen (secondary N) is 1. The van der Waals surface area contributed by atoms with Crippen molar-refractivity contribution in [3.63, 3.8) is 0 Å². The number of likely N-dealkylation sites (N-methyl/N-ethyl adjacent to an activating group) is 1. The molecule has 0 unspecified atom stereocenters. The molecule has 1 aliphatic carbocycles. The van der Waals surface area contributed by atoms with Gasteiger partial charge in [0.1, 0.15) is 5.41 Å². The Labute approximate surface area is 106 Å². The summed E-state index contributed by atoms with van der Waals surface area (Å²) >= 11 is 0. The number of fused-ring (bicyclic) bond motifs is 2. The van der Waals surface area contributed by atoms with Crippen LogP contribution in [0, 0.1) is 12.3 Å². The lowest BCUT2D eigenvalue weighted by molar-refractivity contribution is -0.120. The van der Waals surface area contributed by atoms with Gasteiger partial charge in [0, 0.05) is 12.7 Å². The molecule has 0 fully saturated rings. The quantitative estimate of drug-likeness (QED) is 0.740. The summed E-state index contributed by atoms with van der Waals surface area (Å²) in [5.74, 6) is 0.0445. The maximum atomic E-state index is 12.5. The molecule has 1 amide bonds. The highest BCUT2D eigenvalue weighted by Crippen LogP contribution is 2.44. The molecular weight excluding hydrogens is 224 g/mol. The van der Waals surface area contributed by atoms with Gasteiger partial charge in [0.2, 0.25) is 5.91 Å². The van der Waals surface area contributed by atoms with Gasteiger partial charge >= 0.3 is 0 Å². The van der Waals surface area contributed by atoms with Gasteiger partial charge in [-0.15, -0.1) is 0 Å². The summed E-state index contributed by atoms with van der Waals surface area (Å²) in [4.78, 5) is 14.2. The zero-order valence-corrected chi connectivity index (χ0v) is 10.4. The molecule has 1 N–H and O–H groups in total. The van der Waals surface area contributed by atoms with E-state index in [-0.39, 0.29) is 5.91 Å². The Morgan fingerprint density at radius 2 is 1.89 bits per heavy atom. The van der Waals surface area contributed by atoms with Gasteiger partial charge in [-0.2, -0.15) is 0 Å². The molecule has 1 aliphatic heterocycles. The summed E-state index contributed by atoms with van der Waals surface area (Å²) in [5, 5.41) is 7.58. The minimum atomic E-state index is -0.708. The molecule has 18 heavy (non-hydrogen) atoms. The number of amides is 1. The van der Waals surface area contributed by atoms with E-state index >= 15 is 0 Å². The molecule has 0 radical (unpaired) electrons. The number of allylic oxidation sites excluding steroid dienone is 2. The number of anilines is 1. The minimum Gasteiger partial charge on any atom is -0.314 e. The van der Waals surface area contributed by atoms with Gasteiger partial charge < -0.3 is 10.3 Å². The van der Waals surface area contributed by atoms with Gasteiger partial charge in [-0.3, -0.25) is 4.79 Å². The van der Waals surface area contributed by atoms with Crippen molar-refractivity contribution >= 4 is 17.3 Å². The Bertz CT molecular complexity index is 609. The lowest BCUT2D eigenvalue weighted by Gasteiger charge is -2.23. The first kappa shape index (κ1) is 11.0. The average Bonchev–Trinajstić information content (AvgIpc) is 2.56. The van der Waals surface area contributed by atoms with Crippen LogP contribution in [0.2, 0.25) is 0 Å². The molecule has 0 saturated heterocycles. The van der Waals surface area contributed by atoms with Gasteiger partial charge in [0.05, 0.1) is 5.71 Å². The molecule has 1 heterocycles. The number of carbonyl (C=O) groups excluding carboxylic acids is 1. The Morgan fingerprint density at radius 3 is 2.56 bits per heavy atom. The van der Waals surface area contributed by atoms with Gasteiger partial charge in [-0.1, -0.05) is 29.8 Å². The highest BCUT2D eigenvalue weighted by Gasteiger charge is 2.46. The second-order valence-corrected chi connectivity index (χ2v) is 4.88. The van der Waals surface area contributed by atoms with Crippen molar-refractivity contribution in [2.75, 3.05) is 11.9 Å². The molecule has 1 aromatic rings. The Balaban J connectivity index is 2.27. The smallest absolute Gasteiger partial charge is 0.245 e. The number of carbonyl (C=O) groups is 1. The van der Waals surface area contributed by atoms with E-state index in [0.29, 0.717) is 5.71 Å². The lowest BCUT2D eigenvalue weighted by atomic mass is 9.78. The van der Waals surface area contributed by atoms with E-state index in [4.69, 9.17) is 5.41 Å². The second kappa shape index (κ2) is 3.42. The van der Waals surface area contributed by atoms with Gasteiger partial charge in [-0.25, -0.2) is 0 Å². The van der Waals surface area contributed by atoms with Crippen molar-refractivity contribution in [1.29, 1.82) is 5.41 Å². The van der Waals surface area contributed by atoms with E-state index in [9.17, 15) is 4.79 Å². The molecule has 0 bridgehead atoms. The predicted octanol–water partition coefficient (Wildman–Crippen LogP) is 2.35. The first-order valence-corrected chi connectivity index (χ1v) is 5.91. The van der Waals surface area contributed by atoms with E-state index in [2.05, 4.69) is 6.07 Å². The van der Waals surface area contributed by atoms with Crippen LogP contribution in [0.25, 0.3) is 0 Å². The van der Waals surface area contributed by atoms with Crippen molar-refractivity contribution in [2.45, 2.75) is 12.3 Å². The fraction of sp³-hybridized carbons (Fsp3) is 0.200. The first-order chi connectivity index (χ1) is 8.54. The number of hydrogen-bond donors (Lipinski definition) is 1. The molecular formula is C15H14N2O. The number of hydrogen-bond acceptors (Lipinski definition) is 2. The van der Waals surface area contributed by atoms with Crippen molar-refractivity contribution in [3.8, 4) is 0 Å². The van der Waals surface area contributed by atoms with Crippen molar-refractivity contribution in [2.24, 2.45) is 0 Å². The molecule has 2 aliphatic rings. The average molecular weight is 238 g/mol. The van der Waals surface area contributed by atoms with Crippen LogP contribution in [0.1, 0.15) is 11.1 Å². The van der Waals surface area contributed by atoms with Crippen LogP contribution in [0.5, 0.6) is 0 Å². The van der Waals surface area contributed by atoms with Gasteiger partial charge in [0.15, 0.2) is 0 Å². The fourth-order valence-electron chi connectivity index (χ4n) is 2.65. The number of rotatable bonds is 0. The summed E-state index contributed by atoms with van der Waals surface area (Å²) in [7, 11) is 1.80. The Morgan fingerprint density at radius 1 is 1.22 bits per heavy atom. The standard InChI is InChI=1S/C15H14N2O/c1-10-3-4-13-12(9-10)15(14(18)17(13)2)7-5-11(16)6-8-15/h3-9,16H,1-2H3. The number of aryl methyl sites for hydroxylation is 1. The second-order valence-electron chi connectivity index (χ2n) is 4.88. The summed E-state index contributed by atoms with van der Waals surface area (Å²) in [6.07, 6.45) is 7.06. The van der Waals surface area contributed by atoms with Crippen molar-refractivity contribution in [1.82, 2.24) is 0 Å². The maximum absolute atomic E-state index is 12.5. The van der Waals surface area contributed by atoms with Crippen LogP contribution in [0.3, 0.4) is 0 Å². The maximum Gasteiger partial charge on any atom is 0.245 e. The largest absolute Gasteiger partial charge is 0.314 e. The van der Waals surface area contributed by atoms with Crippen LogP contribution in [0.4, 0.5) is 5.69 Å². The van der Waals surface area contributed by atoms with Gasteiger partial charge in [-0.05, 0) is 30.7 Å². The van der Waals surface area contributed by atoms with Crippen LogP contribution >= 0.6 is 0 Å². The summed E-state index contributed by atoms with van der Waals surface area (Å²) in [6.45, 7) is 2.02. The zero-order chi connectivity index (χ0) is 12.9. The van der Waals surface area contributed by atoms with Crippen molar-refractivity contribution < 1.29 is 4.79 Å². The van der Waals surface area contributed by atoms with Crippen LogP contribution in [-0.4, -0.2) is 18.7 Å². The summed E-state index contributed by atoms with van der Waals surface area (Å²) in [5.41, 5.74) is 2.82. The monoisotopic (exact) mass is 238 g/mol. The first-order valence-electron chi connectivity index (χ1n) is 5.91. The van der Waals surface area contributed by atoms with E-state index < -0.39 is 5.41 Å². The number of nitrogens with zero attached hydrogens (tertiary/aromatic N) is 1. The third kappa shape index (κ3) is 1.24. The summed E-state index contributed by atoms with van der Waals surface area (Å²) < 4.78 is 0. The Hall–Kier alpha value is -2.16. The zero-order valence-electron chi connectivity index (χ0n) is 10.4. The highest BCUT2D eigenvalue weighted by molar-refractivity contribution is 6.14. The lowest BCUT2D eigenvalue weighted by Crippen LogP contribution is -2.36. The van der Waals surface area contributed by atoms with E-state index in [1.165, 1.54) is 0 Å². The summed E-state index contributed by atoms with van der Waals surface area (Å²) in [6, 6.07) is 6.05. The molecule has 3 rings (SSSR count). The minimum absolute atomic E-state index is 0.0445. The van der Waals surface area contributed by atoms with Crippen molar-refractivity contribution in [3.05, 3.63) is 53.6 Å². The third-order valence-electron chi connectivity index (χ3n) is 3.67. The SMILES string of the molecule is Cc1ccc2c(c1)C1(C=CC(=N)C=C1)C(=O)N2C.